The molecule has 1 saturated carbocycles. The Bertz CT molecular complexity index is 1000. The highest BCUT2D eigenvalue weighted by Gasteiger charge is 2.29. The van der Waals surface area contributed by atoms with Gasteiger partial charge in [0.1, 0.15) is 0 Å². The number of carbonyl (C=O) groups is 1. The van der Waals surface area contributed by atoms with Gasteiger partial charge in [-0.2, -0.15) is 13.5 Å². The summed E-state index contributed by atoms with van der Waals surface area (Å²) < 4.78 is 29.0. The van der Waals surface area contributed by atoms with Gasteiger partial charge in [0.15, 0.2) is 5.03 Å². The molecule has 2 aromatic rings. The van der Waals surface area contributed by atoms with Crippen molar-refractivity contribution in [1.29, 1.82) is 0 Å². The van der Waals surface area contributed by atoms with Crippen LogP contribution in [-0.4, -0.2) is 24.1 Å². The number of amides is 1. The van der Waals surface area contributed by atoms with Crippen molar-refractivity contribution in [2.24, 2.45) is 0 Å². The summed E-state index contributed by atoms with van der Waals surface area (Å²) in [5.41, 5.74) is 6.34. The van der Waals surface area contributed by atoms with E-state index in [-0.39, 0.29) is 11.4 Å². The van der Waals surface area contributed by atoms with Gasteiger partial charge in [-0.3, -0.25) is 9.48 Å². The molecule has 0 spiro atoms. The highest BCUT2D eigenvalue weighted by Crippen LogP contribution is 2.36. The third-order valence-corrected chi connectivity index (χ3v) is 7.23. The van der Waals surface area contributed by atoms with Crippen LogP contribution in [0.4, 0.5) is 0 Å². The van der Waals surface area contributed by atoms with Crippen LogP contribution in [0.1, 0.15) is 59.5 Å². The molecule has 1 fully saturated rings. The number of fused-ring (bicyclic) bond motifs is 2. The Balaban J connectivity index is 1.38. The molecule has 0 unspecified atom stereocenters. The summed E-state index contributed by atoms with van der Waals surface area (Å²) in [6.45, 7) is 0. The Morgan fingerprint density at radius 1 is 1.11 bits per heavy atom. The maximum atomic E-state index is 12.6. The zero-order valence-corrected chi connectivity index (χ0v) is 16.0. The average Bonchev–Trinajstić information content (AvgIpc) is 3.05. The highest BCUT2D eigenvalue weighted by molar-refractivity contribution is 7.90. The minimum Gasteiger partial charge on any atom is -0.274 e. The number of hydrogen-bond donors (Lipinski definition) is 1. The van der Waals surface area contributed by atoms with E-state index >= 15 is 0 Å². The van der Waals surface area contributed by atoms with E-state index in [2.05, 4.69) is 15.9 Å². The quantitative estimate of drug-likeness (QED) is 0.856. The maximum Gasteiger partial charge on any atom is 0.283 e. The second-order valence-corrected chi connectivity index (χ2v) is 9.54. The number of hydrogen-bond acceptors (Lipinski definition) is 4. The first-order valence-corrected chi connectivity index (χ1v) is 11.3. The molecule has 5 rings (SSSR count). The van der Waals surface area contributed by atoms with Crippen molar-refractivity contribution in [3.8, 4) is 0 Å². The summed E-state index contributed by atoms with van der Waals surface area (Å²) in [4.78, 5) is 12.6. The van der Waals surface area contributed by atoms with Gasteiger partial charge in [0.25, 0.3) is 10.0 Å². The standard InChI is InChI=1S/C20H23N3O3S/c24-19(22-27(25,26)20-9-10-23(21-20)15-7-8-15)12-18-16-5-1-3-13(16)11-14-4-2-6-17(14)18/h9-11,15H,1-8,12H2,(H,22,24). The minimum absolute atomic E-state index is 0.0775. The zero-order valence-electron chi connectivity index (χ0n) is 15.2. The highest BCUT2D eigenvalue weighted by atomic mass is 32.2. The summed E-state index contributed by atoms with van der Waals surface area (Å²) in [7, 11) is -3.92. The lowest BCUT2D eigenvalue weighted by Gasteiger charge is -2.15. The van der Waals surface area contributed by atoms with Crippen molar-refractivity contribution >= 4 is 15.9 Å². The number of sulfonamides is 1. The molecule has 27 heavy (non-hydrogen) atoms. The van der Waals surface area contributed by atoms with Crippen molar-refractivity contribution in [3.63, 3.8) is 0 Å². The number of nitrogens with one attached hydrogen (secondary N) is 1. The molecule has 6 nitrogen and oxygen atoms in total. The van der Waals surface area contributed by atoms with E-state index in [1.165, 1.54) is 28.3 Å². The SMILES string of the molecule is O=C(Cc1c2c(cc3c1CCC3)CCC2)NS(=O)(=O)c1ccn(C2CC2)n1. The van der Waals surface area contributed by atoms with Crippen LogP contribution >= 0.6 is 0 Å². The predicted molar refractivity (Wildman–Crippen MR) is 100 cm³/mol. The van der Waals surface area contributed by atoms with E-state index in [1.807, 2.05) is 0 Å². The summed E-state index contributed by atoms with van der Waals surface area (Å²) in [6.07, 6.45) is 10.2. The molecule has 0 radical (unpaired) electrons. The van der Waals surface area contributed by atoms with Crippen LogP contribution in [0.25, 0.3) is 0 Å². The van der Waals surface area contributed by atoms with Gasteiger partial charge in [0, 0.05) is 6.20 Å². The molecule has 3 aliphatic rings. The van der Waals surface area contributed by atoms with Gasteiger partial charge in [-0.05, 0) is 85.3 Å². The molecule has 0 saturated heterocycles. The number of carbonyl (C=O) groups excluding carboxylic acids is 1. The maximum absolute atomic E-state index is 12.6. The molecule has 1 heterocycles. The van der Waals surface area contributed by atoms with Gasteiger partial charge in [-0.15, -0.1) is 0 Å². The molecular formula is C20H23N3O3S. The molecule has 0 bridgehead atoms. The lowest BCUT2D eigenvalue weighted by atomic mass is 9.92. The summed E-state index contributed by atoms with van der Waals surface area (Å²) >= 11 is 0. The van der Waals surface area contributed by atoms with Gasteiger partial charge in [0.05, 0.1) is 12.5 Å². The number of nitrogens with zero attached hydrogens (tertiary/aromatic N) is 2. The van der Waals surface area contributed by atoms with Gasteiger partial charge in [-0.25, -0.2) is 4.72 Å². The van der Waals surface area contributed by atoms with E-state index in [9.17, 15) is 13.2 Å². The number of rotatable bonds is 5. The molecule has 7 heteroatoms. The molecular weight excluding hydrogens is 362 g/mol. The molecule has 1 aromatic carbocycles. The molecule has 0 aliphatic heterocycles. The van der Waals surface area contributed by atoms with Crippen LogP contribution in [0.15, 0.2) is 23.4 Å². The Labute approximate surface area is 159 Å². The lowest BCUT2D eigenvalue weighted by molar-refractivity contribution is -0.118. The van der Waals surface area contributed by atoms with E-state index < -0.39 is 15.9 Å². The largest absolute Gasteiger partial charge is 0.283 e. The van der Waals surface area contributed by atoms with Crippen LogP contribution in [-0.2, 0) is 46.9 Å². The van der Waals surface area contributed by atoms with E-state index in [4.69, 9.17) is 0 Å². The van der Waals surface area contributed by atoms with Crippen LogP contribution in [0.5, 0.6) is 0 Å². The second-order valence-electron chi connectivity index (χ2n) is 7.91. The Hall–Kier alpha value is -2.15. The first-order valence-electron chi connectivity index (χ1n) is 9.77. The van der Waals surface area contributed by atoms with Gasteiger partial charge in [0.2, 0.25) is 5.91 Å². The topological polar surface area (TPSA) is 81.1 Å². The smallest absolute Gasteiger partial charge is 0.274 e. The van der Waals surface area contributed by atoms with E-state index in [1.54, 1.807) is 10.9 Å². The Morgan fingerprint density at radius 3 is 2.41 bits per heavy atom. The van der Waals surface area contributed by atoms with E-state index in [0.29, 0.717) is 6.04 Å². The molecule has 142 valence electrons. The van der Waals surface area contributed by atoms with E-state index in [0.717, 1.165) is 56.9 Å². The van der Waals surface area contributed by atoms with Gasteiger partial charge >= 0.3 is 0 Å². The summed E-state index contributed by atoms with van der Waals surface area (Å²) in [5, 5.41) is 4.06. The monoisotopic (exact) mass is 385 g/mol. The first kappa shape index (κ1) is 17.0. The van der Waals surface area contributed by atoms with Gasteiger partial charge < -0.3 is 0 Å². The number of benzene rings is 1. The fraction of sp³-hybridized carbons (Fsp3) is 0.500. The molecule has 1 N–H and O–H groups in total. The zero-order chi connectivity index (χ0) is 18.6. The number of aromatic nitrogens is 2. The van der Waals surface area contributed by atoms with Gasteiger partial charge in [-0.1, -0.05) is 6.07 Å². The lowest BCUT2D eigenvalue weighted by Crippen LogP contribution is -2.32. The van der Waals surface area contributed by atoms with Crippen LogP contribution < -0.4 is 4.72 Å². The normalized spacial score (nSPS) is 18.4. The molecule has 3 aliphatic carbocycles. The predicted octanol–water partition coefficient (Wildman–Crippen LogP) is 2.24. The van der Waals surface area contributed by atoms with Crippen molar-refractivity contribution in [2.75, 3.05) is 0 Å². The summed E-state index contributed by atoms with van der Waals surface area (Å²) in [6, 6.07) is 4.08. The van der Waals surface area contributed by atoms with Crippen molar-refractivity contribution < 1.29 is 13.2 Å². The fourth-order valence-electron chi connectivity index (χ4n) is 4.55. The van der Waals surface area contributed by atoms with Crippen molar-refractivity contribution in [1.82, 2.24) is 14.5 Å². The Morgan fingerprint density at radius 2 is 1.78 bits per heavy atom. The average molecular weight is 385 g/mol. The minimum atomic E-state index is -3.92. The second kappa shape index (κ2) is 6.19. The van der Waals surface area contributed by atoms with Crippen LogP contribution in [0, 0.1) is 0 Å². The number of aryl methyl sites for hydroxylation is 2. The molecule has 1 amide bonds. The summed E-state index contributed by atoms with van der Waals surface area (Å²) in [5.74, 6) is -0.467. The molecule has 0 atom stereocenters. The van der Waals surface area contributed by atoms with Crippen LogP contribution in [0.3, 0.4) is 0 Å². The fourth-order valence-corrected chi connectivity index (χ4v) is 5.47. The third-order valence-electron chi connectivity index (χ3n) is 5.96. The first-order chi connectivity index (χ1) is 13.0. The molecule has 1 aromatic heterocycles. The third kappa shape index (κ3) is 3.08. The van der Waals surface area contributed by atoms with Crippen molar-refractivity contribution in [2.45, 2.75) is 68.9 Å². The Kier molecular flexibility index (Phi) is 3.89. The van der Waals surface area contributed by atoms with Crippen LogP contribution in [0.2, 0.25) is 0 Å². The van der Waals surface area contributed by atoms with Crippen molar-refractivity contribution in [3.05, 3.63) is 46.1 Å².